The summed E-state index contributed by atoms with van der Waals surface area (Å²) in [6.45, 7) is 2.47. The van der Waals surface area contributed by atoms with Gasteiger partial charge in [-0.2, -0.15) is 0 Å². The van der Waals surface area contributed by atoms with E-state index in [1.807, 2.05) is 28.8 Å². The number of amides is 1. The number of cyclic esters (lactones) is 1. The summed E-state index contributed by atoms with van der Waals surface area (Å²) >= 11 is 0. The van der Waals surface area contributed by atoms with Crippen LogP contribution >= 0.6 is 0 Å². The Balaban J connectivity index is 1.55. The maximum atomic E-state index is 13.7. The van der Waals surface area contributed by atoms with Crippen molar-refractivity contribution < 1.29 is 43.5 Å². The molecule has 270 valence electrons. The molecule has 2 heterocycles. The number of ketones is 1. The predicted molar refractivity (Wildman–Crippen MR) is 192 cm³/mol. The number of hydrogen-bond acceptors (Lipinski definition) is 10. The molecule has 12 nitrogen and oxygen atoms in total. The lowest BCUT2D eigenvalue weighted by atomic mass is 9.84. The number of allylic oxidation sites excluding steroid dienone is 1. The summed E-state index contributed by atoms with van der Waals surface area (Å²) in [4.78, 5) is 44.0. The van der Waals surface area contributed by atoms with Crippen LogP contribution < -0.4 is 19.5 Å². The monoisotopic (exact) mass is 699 g/mol. The number of benzene rings is 3. The van der Waals surface area contributed by atoms with E-state index < -0.39 is 23.7 Å². The summed E-state index contributed by atoms with van der Waals surface area (Å²) in [7, 11) is 4.39. The molecular weight excluding hydrogens is 654 g/mol. The molecule has 0 saturated carbocycles. The molecule has 0 aliphatic carbocycles. The molecule has 1 aliphatic rings. The Kier molecular flexibility index (Phi) is 12.2. The molecule has 2 unspecified atom stereocenters. The molecule has 12 heteroatoms. The van der Waals surface area contributed by atoms with Gasteiger partial charge in [-0.25, -0.2) is 9.78 Å². The summed E-state index contributed by atoms with van der Waals surface area (Å²) in [5.41, 5.74) is 2.30. The van der Waals surface area contributed by atoms with Crippen molar-refractivity contribution in [2.24, 2.45) is 0 Å². The van der Waals surface area contributed by atoms with Crippen molar-refractivity contribution in [3.8, 4) is 28.7 Å². The molecule has 0 radical (unpaired) electrons. The minimum atomic E-state index is -0.980. The first-order valence-corrected chi connectivity index (χ1v) is 17.1. The molecule has 0 saturated heterocycles. The largest absolute Gasteiger partial charge is 0.507 e. The number of imidazole rings is 1. The molecule has 1 aromatic heterocycles. The van der Waals surface area contributed by atoms with Gasteiger partial charge in [0.15, 0.2) is 11.5 Å². The van der Waals surface area contributed by atoms with Gasteiger partial charge in [-0.15, -0.1) is 0 Å². The van der Waals surface area contributed by atoms with E-state index in [4.69, 9.17) is 18.9 Å². The van der Waals surface area contributed by atoms with Crippen molar-refractivity contribution in [1.29, 1.82) is 0 Å². The number of carbonyl (C=O) groups excluding carboxylic acids is 3. The van der Waals surface area contributed by atoms with Crippen LogP contribution in [0.1, 0.15) is 84.8 Å². The second-order valence-electron chi connectivity index (χ2n) is 12.6. The van der Waals surface area contributed by atoms with Gasteiger partial charge in [0.05, 0.1) is 44.8 Å². The summed E-state index contributed by atoms with van der Waals surface area (Å²) in [6, 6.07) is 12.4. The second kappa shape index (κ2) is 16.9. The van der Waals surface area contributed by atoms with Gasteiger partial charge in [0.2, 0.25) is 11.7 Å². The first kappa shape index (κ1) is 36.8. The number of aromatic nitrogens is 2. The quantitative estimate of drug-likeness (QED) is 0.161. The van der Waals surface area contributed by atoms with Crippen LogP contribution in [0.2, 0.25) is 0 Å². The highest BCUT2D eigenvalue weighted by Crippen LogP contribution is 2.47. The number of Topliss-reactive ketones (excluding diaryl/α,β-unsaturated/α-hetero) is 1. The highest BCUT2D eigenvalue weighted by atomic mass is 16.5. The van der Waals surface area contributed by atoms with Gasteiger partial charge < -0.3 is 39.0 Å². The first-order valence-electron chi connectivity index (χ1n) is 17.1. The number of nitrogens with one attached hydrogen (secondary N) is 1. The zero-order valence-corrected chi connectivity index (χ0v) is 29.4. The molecular formula is C39H45N3O9. The number of fused-ring (bicyclic) bond motifs is 2. The van der Waals surface area contributed by atoms with E-state index in [0.29, 0.717) is 67.9 Å². The lowest BCUT2D eigenvalue weighted by molar-refractivity contribution is -0.121. The lowest BCUT2D eigenvalue weighted by Crippen LogP contribution is -2.28. The molecule has 1 amide bonds. The van der Waals surface area contributed by atoms with Gasteiger partial charge >= 0.3 is 5.97 Å². The van der Waals surface area contributed by atoms with Gasteiger partial charge in [0, 0.05) is 43.8 Å². The highest BCUT2D eigenvalue weighted by Gasteiger charge is 2.32. The fourth-order valence-electron chi connectivity index (χ4n) is 6.47. The Morgan fingerprint density at radius 1 is 1.04 bits per heavy atom. The number of nitrogens with zero attached hydrogens (tertiary/aromatic N) is 2. The van der Waals surface area contributed by atoms with Crippen LogP contribution in [0.25, 0.3) is 17.1 Å². The van der Waals surface area contributed by atoms with Crippen molar-refractivity contribution in [2.75, 3.05) is 27.9 Å². The molecule has 1 aliphatic heterocycles. The number of rotatable bonds is 10. The number of carbonyl (C=O) groups is 3. The average Bonchev–Trinajstić information content (AvgIpc) is 3.52. The molecule has 5 rings (SSSR count). The van der Waals surface area contributed by atoms with E-state index in [2.05, 4.69) is 10.3 Å². The molecule has 0 fully saturated rings. The summed E-state index contributed by atoms with van der Waals surface area (Å²) < 4.78 is 24.4. The van der Waals surface area contributed by atoms with Gasteiger partial charge in [0.1, 0.15) is 22.8 Å². The van der Waals surface area contributed by atoms with Crippen LogP contribution in [-0.4, -0.2) is 71.4 Å². The van der Waals surface area contributed by atoms with Crippen LogP contribution in [0, 0.1) is 0 Å². The Labute approximate surface area is 297 Å². The Hall–Kier alpha value is -5.52. The van der Waals surface area contributed by atoms with Gasteiger partial charge in [0.25, 0.3) is 0 Å². The normalized spacial score (nSPS) is 16.1. The molecule has 51 heavy (non-hydrogen) atoms. The van der Waals surface area contributed by atoms with E-state index in [1.54, 1.807) is 37.5 Å². The zero-order chi connectivity index (χ0) is 36.5. The number of phenolic OH excluding ortho intramolecular Hbond substituents is 2. The zero-order valence-electron chi connectivity index (χ0n) is 29.4. The summed E-state index contributed by atoms with van der Waals surface area (Å²) in [5, 5.41) is 26.5. The van der Waals surface area contributed by atoms with Crippen molar-refractivity contribution >= 4 is 34.8 Å². The van der Waals surface area contributed by atoms with E-state index in [1.165, 1.54) is 27.4 Å². The van der Waals surface area contributed by atoms with Crippen molar-refractivity contribution in [1.82, 2.24) is 14.9 Å². The Bertz CT molecular complexity index is 1890. The van der Waals surface area contributed by atoms with Crippen molar-refractivity contribution in [3.05, 3.63) is 77.1 Å². The number of aromatic hydroxyl groups is 2. The molecule has 2 atom stereocenters. The van der Waals surface area contributed by atoms with E-state index in [9.17, 15) is 24.6 Å². The van der Waals surface area contributed by atoms with E-state index in [-0.39, 0.29) is 47.1 Å². The predicted octanol–water partition coefficient (Wildman–Crippen LogP) is 6.29. The molecule has 3 N–H and O–H groups in total. The van der Waals surface area contributed by atoms with Crippen LogP contribution in [-0.2, 0) is 20.9 Å². The van der Waals surface area contributed by atoms with E-state index >= 15 is 0 Å². The summed E-state index contributed by atoms with van der Waals surface area (Å²) in [6.07, 6.45) is 7.46. The third kappa shape index (κ3) is 8.62. The first-order chi connectivity index (χ1) is 24.6. The summed E-state index contributed by atoms with van der Waals surface area (Å²) in [5.74, 6) is -1.89. The van der Waals surface area contributed by atoms with Gasteiger partial charge in [-0.05, 0) is 74.1 Å². The van der Waals surface area contributed by atoms with E-state index in [0.717, 1.165) is 11.0 Å². The third-order valence-corrected chi connectivity index (χ3v) is 9.08. The standard InChI is InChI=1S/C39H45N3O9/c1-24-11-10-14-27(43)13-7-5-6-12-25-19-31(44)36(37(46)35(25)39(47)51-24)28(26-20-32(48-2)38(50-4)33(21-26)49-3)22-34(45)40-17-18-42-23-41-29-15-8-9-16-30(29)42/h6,8-9,12,15-16,19-21,23-24,28,44,46H,5,7,10-11,13-14,17-18,22H2,1-4H3,(H,40,45). The molecule has 0 bridgehead atoms. The topological polar surface area (TPSA) is 158 Å². The number of esters is 1. The maximum absolute atomic E-state index is 13.7. The fourth-order valence-corrected chi connectivity index (χ4v) is 6.47. The SMILES string of the molecule is COc1cc(C(CC(=O)NCCn2cnc3ccccc32)c2c(O)cc3c(c2O)C(=O)OC(C)CCCC(=O)CCCC=C3)cc(OC)c1OC. The van der Waals surface area contributed by atoms with Gasteiger partial charge in [-0.3, -0.25) is 9.59 Å². The number of ether oxygens (including phenoxy) is 4. The number of hydrogen-bond donors (Lipinski definition) is 3. The van der Waals surface area contributed by atoms with Crippen molar-refractivity contribution in [2.45, 2.75) is 70.4 Å². The Morgan fingerprint density at radius 3 is 2.49 bits per heavy atom. The molecule has 0 spiro atoms. The third-order valence-electron chi connectivity index (χ3n) is 9.08. The smallest absolute Gasteiger partial charge is 0.342 e. The minimum Gasteiger partial charge on any atom is -0.507 e. The van der Waals surface area contributed by atoms with Crippen LogP contribution in [0.4, 0.5) is 0 Å². The van der Waals surface area contributed by atoms with Crippen LogP contribution in [0.15, 0.2) is 54.9 Å². The number of para-hydroxylation sites is 2. The average molecular weight is 700 g/mol. The highest BCUT2D eigenvalue weighted by molar-refractivity contribution is 5.98. The van der Waals surface area contributed by atoms with Crippen LogP contribution in [0.3, 0.4) is 0 Å². The molecule has 3 aromatic carbocycles. The number of methoxy groups -OCH3 is 3. The Morgan fingerprint density at radius 2 is 1.76 bits per heavy atom. The lowest BCUT2D eigenvalue weighted by Gasteiger charge is -2.24. The second-order valence-corrected chi connectivity index (χ2v) is 12.6. The van der Waals surface area contributed by atoms with Crippen LogP contribution in [0.5, 0.6) is 28.7 Å². The minimum absolute atomic E-state index is 0.0384. The number of phenols is 2. The maximum Gasteiger partial charge on any atom is 0.342 e. The molecule has 4 aromatic rings. The van der Waals surface area contributed by atoms with Gasteiger partial charge in [-0.1, -0.05) is 24.3 Å². The fraction of sp³-hybridized carbons (Fsp3) is 0.385. The van der Waals surface area contributed by atoms with Crippen molar-refractivity contribution in [3.63, 3.8) is 0 Å².